The Hall–Kier alpha value is -1.77. The van der Waals surface area contributed by atoms with Gasteiger partial charge in [0.25, 0.3) is 0 Å². The molecule has 1 aromatic carbocycles. The topological polar surface area (TPSA) is 61.9 Å². The number of aromatic nitrogens is 1. The molecule has 0 aliphatic heterocycles. The summed E-state index contributed by atoms with van der Waals surface area (Å²) in [4.78, 5) is 2.16. The van der Waals surface area contributed by atoms with Crippen molar-refractivity contribution in [3.8, 4) is 0 Å². The Balaban J connectivity index is 0.00000338. The molecule has 1 aromatic heterocycles. The molecule has 0 aliphatic carbocycles. The lowest BCUT2D eigenvalue weighted by Gasteiger charge is -2.27. The number of benzene rings is 1. The smallest absolute Gasteiger partial charge is 0.397 e. The van der Waals surface area contributed by atoms with E-state index in [1.54, 1.807) is 21.3 Å². The van der Waals surface area contributed by atoms with E-state index in [1.807, 2.05) is 41.2 Å². The Morgan fingerprint density at radius 2 is 1.73 bits per heavy atom. The first-order chi connectivity index (χ1) is 12.1. The molecule has 0 spiro atoms. The molecular formula is C18H28ClN3O3Si. The van der Waals surface area contributed by atoms with Gasteiger partial charge >= 0.3 is 8.80 Å². The monoisotopic (exact) mass is 397 g/mol. The second-order valence-corrected chi connectivity index (χ2v) is 8.43. The quantitative estimate of drug-likeness (QED) is 0.623. The Labute approximate surface area is 162 Å². The number of anilines is 1. The molecule has 0 amide bonds. The number of nitrogens with two attached hydrogens (primary N) is 1. The van der Waals surface area contributed by atoms with E-state index in [0.717, 1.165) is 25.0 Å². The van der Waals surface area contributed by atoms with E-state index >= 15 is 0 Å². The molecule has 0 bridgehead atoms. The molecule has 1 heterocycles. The van der Waals surface area contributed by atoms with Crippen LogP contribution in [-0.4, -0.2) is 46.1 Å². The van der Waals surface area contributed by atoms with E-state index in [2.05, 4.69) is 23.6 Å². The summed E-state index contributed by atoms with van der Waals surface area (Å²) in [6.45, 7) is 6.22. The van der Waals surface area contributed by atoms with Gasteiger partial charge in [-0.2, -0.15) is 0 Å². The first-order valence-electron chi connectivity index (χ1n) is 8.11. The lowest BCUT2D eigenvalue weighted by molar-refractivity contribution is 0.138. The molecule has 2 aromatic rings. The molecular weight excluding hydrogens is 370 g/mol. The molecule has 0 fully saturated rings. The van der Waals surface area contributed by atoms with Crippen molar-refractivity contribution in [3.05, 3.63) is 60.9 Å². The van der Waals surface area contributed by atoms with Crippen LogP contribution in [0.1, 0.15) is 5.56 Å². The molecule has 2 N–H and O–H groups in total. The third kappa shape index (κ3) is 4.90. The van der Waals surface area contributed by atoms with E-state index in [-0.39, 0.29) is 12.4 Å². The Kier molecular flexibility index (Phi) is 8.90. The van der Waals surface area contributed by atoms with Crippen LogP contribution < -0.4 is 11.1 Å². The van der Waals surface area contributed by atoms with Crippen molar-refractivity contribution >= 4 is 32.2 Å². The molecule has 2 rings (SSSR count). The van der Waals surface area contributed by atoms with E-state index in [4.69, 9.17) is 19.0 Å². The standard InChI is InChI=1S/C18H27N3O3Si.ClH/c1-5-20(15-16-9-7-6-8-10-16)13-14-21-12-11-17(19)18(21)25(22-2,23-3)24-4;/h5-12H,1,13-15,19H2,2-4H3;1H. The summed E-state index contributed by atoms with van der Waals surface area (Å²) in [5.41, 5.74) is 8.01. The molecule has 26 heavy (non-hydrogen) atoms. The minimum absolute atomic E-state index is 0. The minimum atomic E-state index is -2.99. The first kappa shape index (κ1) is 22.3. The van der Waals surface area contributed by atoms with Crippen LogP contribution in [-0.2, 0) is 26.4 Å². The summed E-state index contributed by atoms with van der Waals surface area (Å²) in [6.07, 6.45) is 3.79. The van der Waals surface area contributed by atoms with Crippen molar-refractivity contribution < 1.29 is 13.3 Å². The van der Waals surface area contributed by atoms with Gasteiger partial charge in [-0.25, -0.2) is 0 Å². The first-order valence-corrected chi connectivity index (χ1v) is 9.83. The second-order valence-electron chi connectivity index (χ2n) is 5.62. The average molecular weight is 398 g/mol. The molecule has 0 saturated heterocycles. The number of hydrogen-bond donors (Lipinski definition) is 1. The van der Waals surface area contributed by atoms with E-state index in [9.17, 15) is 0 Å². The van der Waals surface area contributed by atoms with Gasteiger partial charge in [-0.3, -0.25) is 0 Å². The van der Waals surface area contributed by atoms with Crippen molar-refractivity contribution in [2.75, 3.05) is 33.6 Å². The lowest BCUT2D eigenvalue weighted by atomic mass is 10.2. The zero-order chi connectivity index (χ0) is 18.3. The maximum Gasteiger partial charge on any atom is 0.555 e. The van der Waals surface area contributed by atoms with Crippen LogP contribution >= 0.6 is 12.4 Å². The average Bonchev–Trinajstić information content (AvgIpc) is 3.03. The van der Waals surface area contributed by atoms with Gasteiger partial charge in [-0.15, -0.1) is 12.4 Å². The molecule has 6 nitrogen and oxygen atoms in total. The van der Waals surface area contributed by atoms with Gasteiger partial charge in [-0.05, 0) is 17.8 Å². The predicted octanol–water partition coefficient (Wildman–Crippen LogP) is 2.22. The number of nitrogen functional groups attached to an aromatic ring is 1. The predicted molar refractivity (Wildman–Crippen MR) is 110 cm³/mol. The Morgan fingerprint density at radius 1 is 1.12 bits per heavy atom. The van der Waals surface area contributed by atoms with Gasteiger partial charge in [0.1, 0.15) is 5.32 Å². The van der Waals surface area contributed by atoms with Crippen molar-refractivity contribution in [1.82, 2.24) is 9.47 Å². The fourth-order valence-electron chi connectivity index (χ4n) is 2.86. The molecule has 0 aliphatic rings. The highest BCUT2D eigenvalue weighted by atomic mass is 35.5. The maximum absolute atomic E-state index is 6.16. The zero-order valence-corrected chi connectivity index (χ0v) is 17.4. The number of nitrogens with zero attached hydrogens (tertiary/aromatic N) is 2. The summed E-state index contributed by atoms with van der Waals surface area (Å²) in [5.74, 6) is 0. The summed E-state index contributed by atoms with van der Waals surface area (Å²) < 4.78 is 18.8. The fourth-order valence-corrected chi connectivity index (χ4v) is 4.91. The highest BCUT2D eigenvalue weighted by Gasteiger charge is 2.45. The van der Waals surface area contributed by atoms with Crippen LogP contribution in [0.15, 0.2) is 55.4 Å². The highest BCUT2D eigenvalue weighted by molar-refractivity contribution is 6.76. The minimum Gasteiger partial charge on any atom is -0.397 e. The summed E-state index contributed by atoms with van der Waals surface area (Å²) in [5, 5.41) is 0.781. The van der Waals surface area contributed by atoms with E-state index < -0.39 is 8.80 Å². The fraction of sp³-hybridized carbons (Fsp3) is 0.333. The van der Waals surface area contributed by atoms with Gasteiger partial charge in [0.2, 0.25) is 0 Å². The molecule has 144 valence electrons. The maximum atomic E-state index is 6.16. The molecule has 8 heteroatoms. The number of rotatable bonds is 10. The zero-order valence-electron chi connectivity index (χ0n) is 15.6. The molecule has 0 unspecified atom stereocenters. The van der Waals surface area contributed by atoms with Gasteiger partial charge in [-0.1, -0.05) is 36.9 Å². The van der Waals surface area contributed by atoms with Gasteiger partial charge in [0.15, 0.2) is 0 Å². The highest BCUT2D eigenvalue weighted by Crippen LogP contribution is 2.14. The largest absolute Gasteiger partial charge is 0.555 e. The van der Waals surface area contributed by atoms with Gasteiger partial charge < -0.3 is 28.5 Å². The SMILES string of the molecule is C=CN(CCn1ccc(N)c1[Si](OC)(OC)OC)Cc1ccccc1.Cl. The summed E-state index contributed by atoms with van der Waals surface area (Å²) in [6, 6.07) is 12.2. The van der Waals surface area contributed by atoms with Gasteiger partial charge in [0.05, 0.1) is 5.69 Å². The number of hydrogen-bond acceptors (Lipinski definition) is 5. The normalized spacial score (nSPS) is 11.0. The lowest BCUT2D eigenvalue weighted by Crippen LogP contribution is -2.58. The van der Waals surface area contributed by atoms with E-state index in [1.165, 1.54) is 5.56 Å². The van der Waals surface area contributed by atoms with Crippen LogP contribution in [0.3, 0.4) is 0 Å². The van der Waals surface area contributed by atoms with Crippen LogP contribution in [0, 0.1) is 0 Å². The van der Waals surface area contributed by atoms with Crippen LogP contribution in [0.2, 0.25) is 0 Å². The molecule has 0 radical (unpaired) electrons. The third-order valence-corrected chi connectivity index (χ3v) is 6.97. The Bertz CT molecular complexity index is 669. The van der Waals surface area contributed by atoms with Crippen molar-refractivity contribution in [2.24, 2.45) is 0 Å². The van der Waals surface area contributed by atoms with Crippen molar-refractivity contribution in [3.63, 3.8) is 0 Å². The summed E-state index contributed by atoms with van der Waals surface area (Å²) in [7, 11) is 1.76. The van der Waals surface area contributed by atoms with Crippen LogP contribution in [0.4, 0.5) is 5.69 Å². The number of halogens is 1. The summed E-state index contributed by atoms with van der Waals surface area (Å²) >= 11 is 0. The van der Waals surface area contributed by atoms with Crippen molar-refractivity contribution in [1.29, 1.82) is 0 Å². The van der Waals surface area contributed by atoms with Crippen LogP contribution in [0.25, 0.3) is 0 Å². The van der Waals surface area contributed by atoms with Crippen LogP contribution in [0.5, 0.6) is 0 Å². The third-order valence-electron chi connectivity index (χ3n) is 4.21. The van der Waals surface area contributed by atoms with Crippen molar-refractivity contribution in [2.45, 2.75) is 13.1 Å². The van der Waals surface area contributed by atoms with E-state index in [0.29, 0.717) is 5.69 Å². The molecule has 0 atom stereocenters. The Morgan fingerprint density at radius 3 is 2.27 bits per heavy atom. The second kappa shape index (κ2) is 10.4. The van der Waals surface area contributed by atoms with Gasteiger partial charge in [0, 0.05) is 47.2 Å². The molecule has 0 saturated carbocycles.